The van der Waals surface area contributed by atoms with Gasteiger partial charge in [-0.1, -0.05) is 60.7 Å². The quantitative estimate of drug-likeness (QED) is 0.0547. The Morgan fingerprint density at radius 2 is 1.03 bits per heavy atom. The summed E-state index contributed by atoms with van der Waals surface area (Å²) < 4.78 is 24.2. The van der Waals surface area contributed by atoms with Gasteiger partial charge >= 0.3 is 5.69 Å². The van der Waals surface area contributed by atoms with Gasteiger partial charge in [0, 0.05) is 47.9 Å². The first kappa shape index (κ1) is 49.5. The topological polar surface area (TPSA) is 149 Å². The molecule has 6 aromatic rings. The normalized spacial score (nSPS) is 10.3. The van der Waals surface area contributed by atoms with Crippen molar-refractivity contribution in [3.8, 4) is 11.5 Å². The van der Waals surface area contributed by atoms with E-state index in [1.54, 1.807) is 12.1 Å². The monoisotopic (exact) mass is 866 g/mol. The summed E-state index contributed by atoms with van der Waals surface area (Å²) in [5, 5.41) is 25.3. The number of benzene rings is 6. The van der Waals surface area contributed by atoms with Gasteiger partial charge in [0.2, 0.25) is 5.82 Å². The molecule has 14 heteroatoms. The molecular weight excluding hydrogens is 811 g/mol. The Morgan fingerprint density at radius 3 is 1.45 bits per heavy atom. The van der Waals surface area contributed by atoms with Crippen molar-refractivity contribution in [2.75, 3.05) is 33.9 Å². The molecule has 3 N–H and O–H groups in total. The van der Waals surface area contributed by atoms with Crippen molar-refractivity contribution in [1.29, 1.82) is 0 Å². The predicted octanol–water partition coefficient (Wildman–Crippen LogP) is 12.4. The minimum Gasteiger partial charge on any atom is -0.489 e. The lowest BCUT2D eigenvalue weighted by molar-refractivity contribution is -0.387. The molecule has 0 aliphatic heterocycles. The van der Waals surface area contributed by atoms with Gasteiger partial charge in [-0.15, -0.1) is 12.4 Å². The van der Waals surface area contributed by atoms with Crippen LogP contribution in [0.3, 0.4) is 0 Å². The van der Waals surface area contributed by atoms with E-state index in [4.69, 9.17) is 15.2 Å². The molecule has 328 valence electrons. The van der Waals surface area contributed by atoms with Crippen LogP contribution in [0.1, 0.15) is 52.7 Å². The minimum atomic E-state index is -0.868. The van der Waals surface area contributed by atoms with E-state index in [1.165, 1.54) is 17.8 Å². The molecule has 0 spiro atoms. The molecule has 62 heavy (non-hydrogen) atoms. The van der Waals surface area contributed by atoms with E-state index >= 15 is 0 Å². The van der Waals surface area contributed by atoms with Crippen LogP contribution in [0.4, 0.5) is 44.2 Å². The van der Waals surface area contributed by atoms with Gasteiger partial charge in [-0.25, -0.2) is 0 Å². The summed E-state index contributed by atoms with van der Waals surface area (Å²) in [4.78, 5) is 25.6. The third kappa shape index (κ3) is 15.3. The second-order valence-electron chi connectivity index (χ2n) is 14.4. The summed E-state index contributed by atoms with van der Waals surface area (Å²) in [5.74, 6) is -0.138. The van der Waals surface area contributed by atoms with E-state index < -0.39 is 21.4 Å². The molecule has 0 unspecified atom stereocenters. The van der Waals surface area contributed by atoms with Crippen LogP contribution >= 0.6 is 12.4 Å². The Kier molecular flexibility index (Phi) is 20.0. The summed E-state index contributed by atoms with van der Waals surface area (Å²) in [6.45, 7) is 15.6. The lowest BCUT2D eigenvalue weighted by Crippen LogP contribution is -2.30. The smallest absolute Gasteiger partial charge is 0.308 e. The van der Waals surface area contributed by atoms with Crippen molar-refractivity contribution in [3.05, 3.63) is 183 Å². The van der Waals surface area contributed by atoms with Gasteiger partial charge in [0.1, 0.15) is 30.4 Å². The summed E-state index contributed by atoms with van der Waals surface area (Å²) >= 11 is 0. The molecule has 0 saturated heterocycles. The second-order valence-corrected chi connectivity index (χ2v) is 14.4. The van der Waals surface area contributed by atoms with Crippen LogP contribution < -0.4 is 30.3 Å². The Labute approximate surface area is 369 Å². The molecule has 0 amide bonds. The first-order valence-electron chi connectivity index (χ1n) is 20.1. The number of ether oxygens (including phenoxy) is 2. The van der Waals surface area contributed by atoms with Gasteiger partial charge in [0.15, 0.2) is 0 Å². The molecule has 0 fully saturated rings. The van der Waals surface area contributed by atoms with Crippen LogP contribution in [0.15, 0.2) is 146 Å². The number of nitrogens with one attached hydrogen (secondary N) is 1. The van der Waals surface area contributed by atoms with Gasteiger partial charge in [-0.05, 0) is 125 Å². The lowest BCUT2D eigenvalue weighted by Gasteiger charge is -2.27. The molecule has 0 atom stereocenters. The molecule has 0 aromatic heterocycles. The molecule has 0 saturated carbocycles. The number of hydrogen-bond donors (Lipinski definition) is 2. The van der Waals surface area contributed by atoms with E-state index in [0.29, 0.717) is 30.1 Å². The van der Waals surface area contributed by atoms with E-state index in [9.17, 15) is 24.6 Å². The van der Waals surface area contributed by atoms with Gasteiger partial charge in [-0.3, -0.25) is 20.2 Å². The maximum Gasteiger partial charge on any atom is 0.308 e. The summed E-state index contributed by atoms with van der Waals surface area (Å²) in [6, 6.07) is 44.3. The molecule has 6 rings (SSSR count). The van der Waals surface area contributed by atoms with E-state index in [0.717, 1.165) is 53.4 Å². The third-order valence-corrected chi connectivity index (χ3v) is 9.41. The zero-order valence-corrected chi connectivity index (χ0v) is 36.8. The molecule has 12 nitrogen and oxygen atoms in total. The molecule has 0 aliphatic rings. The van der Waals surface area contributed by atoms with Crippen molar-refractivity contribution in [2.24, 2.45) is 0 Å². The highest BCUT2D eigenvalue weighted by molar-refractivity contribution is 5.85. The number of hydrogen-bond acceptors (Lipinski definition) is 10. The SMILES string of the molecule is CCN(c1ccc(N)cc1)C(C)C.CCN(c1ccc(Nc2ccc(OCc3ccccc3)cc2[N+](=O)[O-])cc1)C(C)C.Cl.O=[N+]([O-])c1cc(OCc2ccccc2)ccc1F. The molecule has 6 aromatic carbocycles. The van der Waals surface area contributed by atoms with Crippen LogP contribution in [0, 0.1) is 26.0 Å². The summed E-state index contributed by atoms with van der Waals surface area (Å²) in [6.07, 6.45) is 0. The number of nitro groups is 2. The van der Waals surface area contributed by atoms with Gasteiger partial charge in [0.25, 0.3) is 5.69 Å². The highest BCUT2D eigenvalue weighted by atomic mass is 35.5. The lowest BCUT2D eigenvalue weighted by atomic mass is 10.2. The maximum absolute atomic E-state index is 13.1. The average Bonchev–Trinajstić information content (AvgIpc) is 3.25. The van der Waals surface area contributed by atoms with Crippen LogP contribution in [0.25, 0.3) is 0 Å². The van der Waals surface area contributed by atoms with Gasteiger partial charge < -0.3 is 30.3 Å². The fourth-order valence-electron chi connectivity index (χ4n) is 6.31. The van der Waals surface area contributed by atoms with Crippen molar-refractivity contribution < 1.29 is 23.7 Å². The number of nitrogen functional groups attached to an aromatic ring is 1. The Morgan fingerprint density at radius 1 is 0.613 bits per heavy atom. The summed E-state index contributed by atoms with van der Waals surface area (Å²) in [7, 11) is 0. The second kappa shape index (κ2) is 25.0. The zero-order valence-electron chi connectivity index (χ0n) is 35.9. The maximum atomic E-state index is 13.1. The van der Waals surface area contributed by atoms with Crippen LogP contribution in [-0.2, 0) is 13.2 Å². The summed E-state index contributed by atoms with van der Waals surface area (Å²) in [5.41, 5.74) is 11.4. The standard InChI is InChI=1S/C24H27N3O3.C13H10FNO3.C11H18N2.ClH/c1-4-26(18(2)3)21-12-10-20(11-13-21)25-23-15-14-22(16-24(23)27(28)29)30-17-19-8-6-5-7-9-19;14-12-7-6-11(8-13(12)15(16)17)18-9-10-4-2-1-3-5-10;1-4-13(9(2)3)11-7-5-10(12)6-8-11;/h5-16,18,25H,4,17H2,1-3H3;1-8H,9H2;5-9H,4,12H2,1-3H3;1H. The number of halogens is 2. The minimum absolute atomic E-state index is 0. The average molecular weight is 867 g/mol. The van der Waals surface area contributed by atoms with E-state index in [2.05, 4.69) is 68.8 Å². The molecule has 0 heterocycles. The Hall–Kier alpha value is -6.86. The van der Waals surface area contributed by atoms with Crippen LogP contribution in [0.5, 0.6) is 11.5 Å². The van der Waals surface area contributed by atoms with E-state index in [1.807, 2.05) is 97.1 Å². The van der Waals surface area contributed by atoms with Crippen molar-refractivity contribution in [2.45, 2.75) is 66.8 Å². The van der Waals surface area contributed by atoms with Crippen molar-refractivity contribution >= 4 is 52.2 Å². The Bertz CT molecular complexity index is 2270. The number of nitrogens with zero attached hydrogens (tertiary/aromatic N) is 4. The number of nitrogens with two attached hydrogens (primary N) is 1. The van der Waals surface area contributed by atoms with E-state index in [-0.39, 0.29) is 30.5 Å². The molecule has 0 bridgehead atoms. The first-order valence-corrected chi connectivity index (χ1v) is 20.1. The Balaban J connectivity index is 0.000000272. The van der Waals surface area contributed by atoms with Gasteiger partial charge in [-0.2, -0.15) is 4.39 Å². The zero-order chi connectivity index (χ0) is 44.3. The number of anilines is 5. The molecular formula is C48H56ClFN6O6. The fourth-order valence-corrected chi connectivity index (χ4v) is 6.31. The van der Waals surface area contributed by atoms with Crippen molar-refractivity contribution in [3.63, 3.8) is 0 Å². The largest absolute Gasteiger partial charge is 0.489 e. The molecule has 0 aliphatic carbocycles. The number of rotatable bonds is 16. The van der Waals surface area contributed by atoms with Gasteiger partial charge in [0.05, 0.1) is 22.0 Å². The van der Waals surface area contributed by atoms with Crippen molar-refractivity contribution in [1.82, 2.24) is 0 Å². The highest BCUT2D eigenvalue weighted by Crippen LogP contribution is 2.33. The van der Waals surface area contributed by atoms with Crippen LogP contribution in [0.2, 0.25) is 0 Å². The number of nitro benzene ring substituents is 2. The van der Waals surface area contributed by atoms with Crippen LogP contribution in [-0.4, -0.2) is 35.0 Å². The predicted molar refractivity (Wildman–Crippen MR) is 252 cm³/mol. The fraction of sp³-hybridized carbons (Fsp3) is 0.250. The molecule has 0 radical (unpaired) electrons. The highest BCUT2D eigenvalue weighted by Gasteiger charge is 2.17. The first-order chi connectivity index (χ1) is 29.3. The third-order valence-electron chi connectivity index (χ3n) is 9.41.